The number of rotatable bonds is 5. The molecular formula is C18H18N4O3. The largest absolute Gasteiger partial charge is 0.352 e. The number of benzene rings is 1. The summed E-state index contributed by atoms with van der Waals surface area (Å²) in [4.78, 5) is 40.4. The van der Waals surface area contributed by atoms with Crippen LogP contribution in [0.25, 0.3) is 11.0 Å². The second-order valence-corrected chi connectivity index (χ2v) is 5.70. The Kier molecular flexibility index (Phi) is 4.74. The lowest BCUT2D eigenvalue weighted by Crippen LogP contribution is -2.41. The predicted molar refractivity (Wildman–Crippen MR) is 94.1 cm³/mol. The molecule has 3 rings (SSSR count). The van der Waals surface area contributed by atoms with Crippen LogP contribution in [0.3, 0.4) is 0 Å². The minimum Gasteiger partial charge on any atom is -0.352 e. The van der Waals surface area contributed by atoms with Crippen LogP contribution in [0.2, 0.25) is 0 Å². The Bertz CT molecular complexity index is 1020. The highest BCUT2D eigenvalue weighted by atomic mass is 16.2. The number of fused-ring (bicyclic) bond motifs is 1. The Morgan fingerprint density at radius 2 is 1.84 bits per heavy atom. The van der Waals surface area contributed by atoms with Gasteiger partial charge in [-0.1, -0.05) is 18.2 Å². The quantitative estimate of drug-likeness (QED) is 0.697. The van der Waals surface area contributed by atoms with Gasteiger partial charge in [0.25, 0.3) is 0 Å². The maximum Gasteiger partial charge on any atom is 0.316 e. The van der Waals surface area contributed by atoms with Gasteiger partial charge in [0, 0.05) is 39.0 Å². The van der Waals surface area contributed by atoms with E-state index in [1.807, 2.05) is 6.07 Å². The number of amides is 1. The molecule has 128 valence electrons. The predicted octanol–water partition coefficient (Wildman–Crippen LogP) is 0.802. The molecule has 1 aromatic carbocycles. The summed E-state index contributed by atoms with van der Waals surface area (Å²) in [5, 5.41) is 2.79. The molecule has 0 spiro atoms. The Labute approximate surface area is 143 Å². The van der Waals surface area contributed by atoms with E-state index in [-0.39, 0.29) is 18.9 Å². The van der Waals surface area contributed by atoms with Gasteiger partial charge >= 0.3 is 11.1 Å². The van der Waals surface area contributed by atoms with Gasteiger partial charge in [0.2, 0.25) is 5.91 Å². The lowest BCUT2D eigenvalue weighted by molar-refractivity contribution is -0.121. The summed E-state index contributed by atoms with van der Waals surface area (Å²) in [5.41, 5.74) is 0.959. The number of hydrogen-bond donors (Lipinski definition) is 1. The van der Waals surface area contributed by atoms with E-state index in [9.17, 15) is 14.4 Å². The molecule has 7 nitrogen and oxygen atoms in total. The van der Waals surface area contributed by atoms with Gasteiger partial charge in [-0.2, -0.15) is 0 Å². The average molecular weight is 338 g/mol. The lowest BCUT2D eigenvalue weighted by atomic mass is 10.2. The first-order valence-corrected chi connectivity index (χ1v) is 7.92. The number of aryl methyl sites for hydroxylation is 2. The van der Waals surface area contributed by atoms with Crippen molar-refractivity contribution in [1.82, 2.24) is 19.4 Å². The zero-order chi connectivity index (χ0) is 17.8. The first-order chi connectivity index (χ1) is 12.1. The molecule has 25 heavy (non-hydrogen) atoms. The molecule has 2 heterocycles. The van der Waals surface area contributed by atoms with Gasteiger partial charge in [-0.05, 0) is 23.8 Å². The standard InChI is InChI=1S/C18H18N4O3/c1-21-14-6-2-3-7-15(14)22(18(25)17(21)24)10-8-16(23)20-12-13-5-4-9-19-11-13/h2-7,9,11H,8,10,12H2,1H3,(H,20,23). The first kappa shape index (κ1) is 16.6. The van der Waals surface area contributed by atoms with Crippen molar-refractivity contribution in [2.45, 2.75) is 19.5 Å². The normalized spacial score (nSPS) is 10.8. The van der Waals surface area contributed by atoms with Gasteiger partial charge < -0.3 is 14.5 Å². The van der Waals surface area contributed by atoms with Crippen molar-refractivity contribution < 1.29 is 4.79 Å². The molecule has 0 saturated heterocycles. The van der Waals surface area contributed by atoms with Gasteiger partial charge in [-0.25, -0.2) is 0 Å². The Morgan fingerprint density at radius 3 is 2.56 bits per heavy atom. The third-order valence-electron chi connectivity index (χ3n) is 4.04. The highest BCUT2D eigenvalue weighted by Crippen LogP contribution is 2.09. The van der Waals surface area contributed by atoms with Crippen LogP contribution >= 0.6 is 0 Å². The maximum absolute atomic E-state index is 12.3. The summed E-state index contributed by atoms with van der Waals surface area (Å²) in [6, 6.07) is 10.8. The molecule has 0 unspecified atom stereocenters. The number of carbonyl (C=O) groups excluding carboxylic acids is 1. The smallest absolute Gasteiger partial charge is 0.316 e. The average Bonchev–Trinajstić information content (AvgIpc) is 2.65. The van der Waals surface area contributed by atoms with Gasteiger partial charge in [-0.3, -0.25) is 19.4 Å². The van der Waals surface area contributed by atoms with E-state index in [4.69, 9.17) is 0 Å². The molecule has 1 N–H and O–H groups in total. The molecule has 0 saturated carbocycles. The summed E-state index contributed by atoms with van der Waals surface area (Å²) in [6.45, 7) is 0.521. The van der Waals surface area contributed by atoms with E-state index in [0.717, 1.165) is 5.56 Å². The van der Waals surface area contributed by atoms with Crippen molar-refractivity contribution in [1.29, 1.82) is 0 Å². The van der Waals surface area contributed by atoms with Crippen LogP contribution in [0.5, 0.6) is 0 Å². The zero-order valence-corrected chi connectivity index (χ0v) is 13.8. The molecule has 1 amide bonds. The summed E-state index contributed by atoms with van der Waals surface area (Å²) in [5.74, 6) is -0.194. The van der Waals surface area contributed by atoms with E-state index in [1.54, 1.807) is 49.8 Å². The van der Waals surface area contributed by atoms with E-state index < -0.39 is 11.1 Å². The zero-order valence-electron chi connectivity index (χ0n) is 13.8. The highest BCUT2D eigenvalue weighted by Gasteiger charge is 2.11. The molecule has 7 heteroatoms. The van der Waals surface area contributed by atoms with Crippen molar-refractivity contribution in [3.05, 3.63) is 75.1 Å². The fourth-order valence-corrected chi connectivity index (χ4v) is 2.68. The third kappa shape index (κ3) is 3.50. The number of nitrogens with zero attached hydrogens (tertiary/aromatic N) is 3. The summed E-state index contributed by atoms with van der Waals surface area (Å²) >= 11 is 0. The van der Waals surface area contributed by atoms with Crippen molar-refractivity contribution >= 4 is 16.9 Å². The molecule has 2 aromatic heterocycles. The van der Waals surface area contributed by atoms with Crippen LogP contribution in [0, 0.1) is 0 Å². The molecule has 0 bridgehead atoms. The van der Waals surface area contributed by atoms with Crippen molar-refractivity contribution in [3.8, 4) is 0 Å². The van der Waals surface area contributed by atoms with Crippen LogP contribution in [0.15, 0.2) is 58.4 Å². The third-order valence-corrected chi connectivity index (χ3v) is 4.04. The summed E-state index contributed by atoms with van der Waals surface area (Å²) < 4.78 is 2.69. The molecule has 0 radical (unpaired) electrons. The van der Waals surface area contributed by atoms with E-state index in [2.05, 4.69) is 10.3 Å². The SMILES string of the molecule is Cn1c(=O)c(=O)n(CCC(=O)NCc2cccnc2)c2ccccc21. The number of nitrogens with one attached hydrogen (secondary N) is 1. The molecule has 0 atom stereocenters. The molecular weight excluding hydrogens is 320 g/mol. The Hall–Kier alpha value is -3.22. The van der Waals surface area contributed by atoms with Crippen LogP contribution in [-0.2, 0) is 24.9 Å². The second-order valence-electron chi connectivity index (χ2n) is 5.70. The van der Waals surface area contributed by atoms with Gasteiger partial charge in [-0.15, -0.1) is 0 Å². The summed E-state index contributed by atoms with van der Waals surface area (Å²) in [7, 11) is 1.57. The lowest BCUT2D eigenvalue weighted by Gasteiger charge is -2.12. The van der Waals surface area contributed by atoms with Crippen LogP contribution in [-0.4, -0.2) is 20.0 Å². The highest BCUT2D eigenvalue weighted by molar-refractivity contribution is 5.77. The second kappa shape index (κ2) is 7.12. The molecule has 0 fully saturated rings. The van der Waals surface area contributed by atoms with Crippen molar-refractivity contribution in [2.24, 2.45) is 7.05 Å². The number of aromatic nitrogens is 3. The molecule has 0 aliphatic heterocycles. The fourth-order valence-electron chi connectivity index (χ4n) is 2.68. The van der Waals surface area contributed by atoms with Gasteiger partial charge in [0.05, 0.1) is 11.0 Å². The number of pyridine rings is 1. The topological polar surface area (TPSA) is 86.0 Å². The van der Waals surface area contributed by atoms with Crippen LogP contribution < -0.4 is 16.4 Å². The minimum absolute atomic E-state index is 0.108. The van der Waals surface area contributed by atoms with E-state index in [1.165, 1.54) is 9.13 Å². The molecule has 0 aliphatic carbocycles. The first-order valence-electron chi connectivity index (χ1n) is 7.92. The van der Waals surface area contributed by atoms with Gasteiger partial charge in [0.1, 0.15) is 0 Å². The van der Waals surface area contributed by atoms with Crippen LogP contribution in [0.1, 0.15) is 12.0 Å². The van der Waals surface area contributed by atoms with Gasteiger partial charge in [0.15, 0.2) is 0 Å². The van der Waals surface area contributed by atoms with E-state index >= 15 is 0 Å². The Balaban J connectivity index is 1.76. The maximum atomic E-state index is 12.3. The number of para-hydroxylation sites is 2. The van der Waals surface area contributed by atoms with E-state index in [0.29, 0.717) is 17.6 Å². The minimum atomic E-state index is -0.624. The number of carbonyl (C=O) groups is 1. The molecule has 3 aromatic rings. The molecule has 0 aliphatic rings. The summed E-state index contributed by atoms with van der Waals surface area (Å²) in [6.07, 6.45) is 3.45. The monoisotopic (exact) mass is 338 g/mol. The number of hydrogen-bond acceptors (Lipinski definition) is 4. The van der Waals surface area contributed by atoms with Crippen molar-refractivity contribution in [3.63, 3.8) is 0 Å². The van der Waals surface area contributed by atoms with Crippen molar-refractivity contribution in [2.75, 3.05) is 0 Å². The van der Waals surface area contributed by atoms with Crippen LogP contribution in [0.4, 0.5) is 0 Å². The fraction of sp³-hybridized carbons (Fsp3) is 0.222. The Morgan fingerprint density at radius 1 is 1.08 bits per heavy atom.